The number of hydrogen-bond acceptors (Lipinski definition) is 3. The molecule has 16 heavy (non-hydrogen) atoms. The van der Waals surface area contributed by atoms with Gasteiger partial charge in [0, 0.05) is 25.4 Å². The lowest BCUT2D eigenvalue weighted by Gasteiger charge is -2.32. The van der Waals surface area contributed by atoms with Crippen molar-refractivity contribution < 1.29 is 4.79 Å². The number of nitrogens with zero attached hydrogens (tertiary/aromatic N) is 1. The van der Waals surface area contributed by atoms with Crippen molar-refractivity contribution in [2.45, 2.75) is 32.2 Å². The predicted molar refractivity (Wildman–Crippen MR) is 70.8 cm³/mol. The van der Waals surface area contributed by atoms with E-state index in [0.29, 0.717) is 11.9 Å². The zero-order chi connectivity index (χ0) is 12.0. The number of carbonyl (C=O) groups is 1. The van der Waals surface area contributed by atoms with Crippen LogP contribution in [0.3, 0.4) is 0 Å². The monoisotopic (exact) mass is 244 g/mol. The van der Waals surface area contributed by atoms with Crippen molar-refractivity contribution in [3.63, 3.8) is 0 Å². The first kappa shape index (κ1) is 13.8. The standard InChI is InChI=1S/C12H24N2OS/c1-4-11(9-16-3)14(2)12(15)10-6-5-7-13-8-10/h10-11,13H,4-9H2,1-3H3/t10-,11?/m0/s1. The fourth-order valence-corrected chi connectivity index (χ4v) is 3.07. The second-order valence-corrected chi connectivity index (χ2v) is 5.42. The molecule has 3 nitrogen and oxygen atoms in total. The summed E-state index contributed by atoms with van der Waals surface area (Å²) in [7, 11) is 1.96. The fraction of sp³-hybridized carbons (Fsp3) is 0.917. The zero-order valence-corrected chi connectivity index (χ0v) is 11.5. The van der Waals surface area contributed by atoms with Crippen LogP contribution in [0.15, 0.2) is 0 Å². The Morgan fingerprint density at radius 1 is 1.62 bits per heavy atom. The molecule has 1 N–H and O–H groups in total. The molecule has 0 bridgehead atoms. The molecule has 1 unspecified atom stereocenters. The first-order valence-corrected chi connectivity index (χ1v) is 7.56. The number of amides is 1. The van der Waals surface area contributed by atoms with Crippen molar-refractivity contribution in [2.24, 2.45) is 5.92 Å². The first-order chi connectivity index (χ1) is 7.70. The molecular weight excluding hydrogens is 220 g/mol. The fourth-order valence-electron chi connectivity index (χ4n) is 2.23. The summed E-state index contributed by atoms with van der Waals surface area (Å²) < 4.78 is 0. The number of hydrogen-bond donors (Lipinski definition) is 1. The Hall–Kier alpha value is -0.220. The first-order valence-electron chi connectivity index (χ1n) is 6.17. The van der Waals surface area contributed by atoms with Crippen molar-refractivity contribution in [1.29, 1.82) is 0 Å². The molecule has 1 aliphatic heterocycles. The summed E-state index contributed by atoms with van der Waals surface area (Å²) in [5, 5.41) is 3.31. The van der Waals surface area contributed by atoms with E-state index in [2.05, 4.69) is 18.5 Å². The van der Waals surface area contributed by atoms with Gasteiger partial charge in [0.2, 0.25) is 5.91 Å². The minimum Gasteiger partial charge on any atom is -0.342 e. The van der Waals surface area contributed by atoms with Gasteiger partial charge in [-0.05, 0) is 32.1 Å². The molecule has 0 aliphatic carbocycles. The number of carbonyl (C=O) groups excluding carboxylic acids is 1. The van der Waals surface area contributed by atoms with E-state index in [0.717, 1.165) is 38.1 Å². The van der Waals surface area contributed by atoms with Gasteiger partial charge in [0.25, 0.3) is 0 Å². The molecule has 0 aromatic carbocycles. The predicted octanol–water partition coefficient (Wildman–Crippen LogP) is 1.59. The van der Waals surface area contributed by atoms with Crippen LogP contribution >= 0.6 is 11.8 Å². The maximum absolute atomic E-state index is 12.2. The number of piperidine rings is 1. The Morgan fingerprint density at radius 3 is 2.88 bits per heavy atom. The number of rotatable bonds is 5. The van der Waals surface area contributed by atoms with Gasteiger partial charge in [0.15, 0.2) is 0 Å². The second-order valence-electron chi connectivity index (χ2n) is 4.51. The van der Waals surface area contributed by atoms with Crippen LogP contribution in [0.5, 0.6) is 0 Å². The Bertz CT molecular complexity index is 217. The Morgan fingerprint density at radius 2 is 2.38 bits per heavy atom. The van der Waals surface area contributed by atoms with Gasteiger partial charge >= 0.3 is 0 Å². The van der Waals surface area contributed by atoms with Gasteiger partial charge in [-0.3, -0.25) is 4.79 Å². The van der Waals surface area contributed by atoms with Crippen LogP contribution in [0.2, 0.25) is 0 Å². The van der Waals surface area contributed by atoms with Gasteiger partial charge in [0.1, 0.15) is 0 Å². The number of thioether (sulfide) groups is 1. The summed E-state index contributed by atoms with van der Waals surface area (Å²) in [6, 6.07) is 0.393. The molecule has 1 amide bonds. The highest BCUT2D eigenvalue weighted by molar-refractivity contribution is 7.98. The molecule has 1 aliphatic rings. The van der Waals surface area contributed by atoms with Crippen LogP contribution < -0.4 is 5.32 Å². The zero-order valence-electron chi connectivity index (χ0n) is 10.7. The maximum atomic E-state index is 12.2. The molecule has 0 aromatic rings. The summed E-state index contributed by atoms with van der Waals surface area (Å²) in [5.74, 6) is 1.57. The maximum Gasteiger partial charge on any atom is 0.226 e. The van der Waals surface area contributed by atoms with E-state index >= 15 is 0 Å². The third kappa shape index (κ3) is 3.67. The van der Waals surface area contributed by atoms with E-state index in [1.165, 1.54) is 0 Å². The van der Waals surface area contributed by atoms with Gasteiger partial charge in [-0.25, -0.2) is 0 Å². The van der Waals surface area contributed by atoms with E-state index in [-0.39, 0.29) is 5.92 Å². The lowest BCUT2D eigenvalue weighted by atomic mass is 9.97. The van der Waals surface area contributed by atoms with Crippen LogP contribution in [0.1, 0.15) is 26.2 Å². The summed E-state index contributed by atoms with van der Waals surface area (Å²) >= 11 is 1.82. The van der Waals surface area contributed by atoms with Crippen molar-refractivity contribution in [2.75, 3.05) is 32.1 Å². The minimum absolute atomic E-state index is 0.203. The van der Waals surface area contributed by atoms with Gasteiger partial charge in [-0.1, -0.05) is 6.92 Å². The Kier molecular flexibility index (Phi) is 6.21. The molecule has 1 saturated heterocycles. The van der Waals surface area contributed by atoms with Gasteiger partial charge in [-0.15, -0.1) is 0 Å². The van der Waals surface area contributed by atoms with E-state index in [1.807, 2.05) is 23.7 Å². The topological polar surface area (TPSA) is 32.3 Å². The van der Waals surface area contributed by atoms with Gasteiger partial charge in [0.05, 0.1) is 5.92 Å². The number of nitrogens with one attached hydrogen (secondary N) is 1. The highest BCUT2D eigenvalue weighted by atomic mass is 32.2. The second kappa shape index (κ2) is 7.17. The largest absolute Gasteiger partial charge is 0.342 e. The molecule has 1 fully saturated rings. The summed E-state index contributed by atoms with van der Waals surface area (Å²) in [4.78, 5) is 14.2. The van der Waals surface area contributed by atoms with E-state index in [1.54, 1.807) is 0 Å². The van der Waals surface area contributed by atoms with Crippen LogP contribution in [-0.4, -0.2) is 49.0 Å². The lowest BCUT2D eigenvalue weighted by molar-refractivity contribution is -0.136. The Labute approximate surface area is 103 Å². The molecule has 1 rings (SSSR count). The van der Waals surface area contributed by atoms with Gasteiger partial charge in [-0.2, -0.15) is 11.8 Å². The average Bonchev–Trinajstić information content (AvgIpc) is 2.35. The van der Waals surface area contributed by atoms with Crippen molar-refractivity contribution in [3.8, 4) is 0 Å². The van der Waals surface area contributed by atoms with E-state index in [9.17, 15) is 4.79 Å². The minimum atomic E-state index is 0.203. The average molecular weight is 244 g/mol. The third-order valence-corrected chi connectivity index (χ3v) is 4.09. The molecule has 0 aromatic heterocycles. The molecule has 94 valence electrons. The SMILES string of the molecule is CCC(CSC)N(C)C(=O)[C@H]1CCCNC1. The van der Waals surface area contributed by atoms with Crippen molar-refractivity contribution in [1.82, 2.24) is 10.2 Å². The summed E-state index contributed by atoms with van der Waals surface area (Å²) in [5.41, 5.74) is 0. The Balaban J connectivity index is 2.49. The van der Waals surface area contributed by atoms with E-state index in [4.69, 9.17) is 0 Å². The van der Waals surface area contributed by atoms with Crippen molar-refractivity contribution >= 4 is 17.7 Å². The van der Waals surface area contributed by atoms with Crippen LogP contribution in [0.4, 0.5) is 0 Å². The highest BCUT2D eigenvalue weighted by Gasteiger charge is 2.26. The molecule has 0 spiro atoms. The van der Waals surface area contributed by atoms with Crippen LogP contribution in [0, 0.1) is 5.92 Å². The molecular formula is C12H24N2OS. The highest BCUT2D eigenvalue weighted by Crippen LogP contribution is 2.16. The lowest BCUT2D eigenvalue weighted by Crippen LogP contribution is -2.46. The van der Waals surface area contributed by atoms with Crippen molar-refractivity contribution in [3.05, 3.63) is 0 Å². The normalized spacial score (nSPS) is 22.8. The summed E-state index contributed by atoms with van der Waals surface area (Å²) in [6.07, 6.45) is 5.32. The third-order valence-electron chi connectivity index (χ3n) is 3.37. The van der Waals surface area contributed by atoms with E-state index < -0.39 is 0 Å². The quantitative estimate of drug-likeness (QED) is 0.797. The van der Waals surface area contributed by atoms with Crippen LogP contribution in [-0.2, 0) is 4.79 Å². The molecule has 0 saturated carbocycles. The summed E-state index contributed by atoms with van der Waals surface area (Å²) in [6.45, 7) is 4.08. The molecule has 0 radical (unpaired) electrons. The molecule has 4 heteroatoms. The van der Waals surface area contributed by atoms with Crippen LogP contribution in [0.25, 0.3) is 0 Å². The molecule has 2 atom stereocenters. The van der Waals surface area contributed by atoms with Gasteiger partial charge < -0.3 is 10.2 Å². The molecule has 1 heterocycles. The smallest absolute Gasteiger partial charge is 0.226 e.